The minimum absolute atomic E-state index is 0.0513. The molecule has 112 valence electrons. The predicted octanol–water partition coefficient (Wildman–Crippen LogP) is 1.42. The van der Waals surface area contributed by atoms with Crippen molar-refractivity contribution in [1.29, 1.82) is 0 Å². The van der Waals surface area contributed by atoms with Crippen LogP contribution in [0.25, 0.3) is 0 Å². The third kappa shape index (κ3) is 3.47. The topological polar surface area (TPSA) is 75.3 Å². The Morgan fingerprint density at radius 2 is 1.95 bits per heavy atom. The van der Waals surface area contributed by atoms with Gasteiger partial charge in [-0.15, -0.1) is 0 Å². The summed E-state index contributed by atoms with van der Waals surface area (Å²) in [4.78, 5) is 12.0. The molecule has 2 N–H and O–H groups in total. The number of hydrogen-bond donors (Lipinski definition) is 2. The minimum Gasteiger partial charge on any atom is -0.385 e. The maximum absolute atomic E-state index is 13.5. The summed E-state index contributed by atoms with van der Waals surface area (Å²) in [6, 6.07) is 4.13. The van der Waals surface area contributed by atoms with Gasteiger partial charge in [0.2, 0.25) is 0 Å². The van der Waals surface area contributed by atoms with Crippen LogP contribution in [0.5, 0.6) is 0 Å². The molecule has 0 aromatic heterocycles. The van der Waals surface area contributed by atoms with Crippen LogP contribution in [0.4, 0.5) is 10.1 Å². The first kappa shape index (κ1) is 16.4. The second-order valence-corrected chi connectivity index (χ2v) is 7.78. The van der Waals surface area contributed by atoms with Gasteiger partial charge >= 0.3 is 0 Å². The maximum Gasteiger partial charge on any atom is 0.253 e. The molecular weight excluding hydrogens is 283 g/mol. The Morgan fingerprint density at radius 1 is 1.35 bits per heavy atom. The van der Waals surface area contributed by atoms with E-state index in [9.17, 15) is 17.6 Å². The normalized spacial score (nSPS) is 12.1. The third-order valence-corrected chi connectivity index (χ3v) is 5.34. The second kappa shape index (κ2) is 5.78. The first-order chi connectivity index (χ1) is 9.10. The monoisotopic (exact) mass is 302 g/mol. The number of sulfone groups is 1. The molecule has 7 heteroatoms. The Morgan fingerprint density at radius 3 is 2.45 bits per heavy atom. The number of anilines is 1. The fourth-order valence-electron chi connectivity index (χ4n) is 1.49. The summed E-state index contributed by atoms with van der Waals surface area (Å²) in [6.07, 6.45) is 1.11. The number of halogens is 1. The van der Waals surface area contributed by atoms with Crippen LogP contribution >= 0.6 is 0 Å². The van der Waals surface area contributed by atoms with Crippen molar-refractivity contribution in [3.05, 3.63) is 29.6 Å². The average molecular weight is 302 g/mol. The van der Waals surface area contributed by atoms with E-state index in [2.05, 4.69) is 10.6 Å². The number of nitrogens with one attached hydrogen (secondary N) is 2. The van der Waals surface area contributed by atoms with E-state index in [1.807, 2.05) is 0 Å². The van der Waals surface area contributed by atoms with Crippen LogP contribution < -0.4 is 10.6 Å². The highest BCUT2D eigenvalue weighted by atomic mass is 32.2. The molecule has 1 amide bonds. The van der Waals surface area contributed by atoms with Crippen LogP contribution in [0, 0.1) is 5.82 Å². The lowest BCUT2D eigenvalue weighted by molar-refractivity contribution is 0.0951. The van der Waals surface area contributed by atoms with Gasteiger partial charge < -0.3 is 10.6 Å². The van der Waals surface area contributed by atoms with E-state index >= 15 is 0 Å². The Labute approximate surface area is 118 Å². The zero-order valence-corrected chi connectivity index (χ0v) is 12.8. The van der Waals surface area contributed by atoms with Gasteiger partial charge in [0.25, 0.3) is 5.91 Å². The standard InChI is InChI=1S/C13H19FN2O3S/c1-13(2,20(4,18)19)8-16-12(17)9-6-5-7-10(14)11(9)15-3/h5-7,15H,8H2,1-4H3,(H,16,17). The molecule has 0 fully saturated rings. The minimum atomic E-state index is -3.31. The zero-order chi connectivity index (χ0) is 15.6. The molecule has 1 aromatic carbocycles. The number of hydrogen-bond acceptors (Lipinski definition) is 4. The SMILES string of the molecule is CNc1c(F)cccc1C(=O)NCC(C)(C)S(C)(=O)=O. The Balaban J connectivity index is 2.92. The van der Waals surface area contributed by atoms with Crippen LogP contribution in [0.1, 0.15) is 24.2 Å². The summed E-state index contributed by atoms with van der Waals surface area (Å²) in [5.41, 5.74) is 0.221. The summed E-state index contributed by atoms with van der Waals surface area (Å²) >= 11 is 0. The molecule has 0 aliphatic rings. The molecule has 0 spiro atoms. The first-order valence-corrected chi connectivity index (χ1v) is 7.93. The number of carbonyl (C=O) groups excluding carboxylic acids is 1. The van der Waals surface area contributed by atoms with Crippen molar-refractivity contribution >= 4 is 21.4 Å². The van der Waals surface area contributed by atoms with Gasteiger partial charge in [-0.1, -0.05) is 6.07 Å². The molecule has 0 atom stereocenters. The van der Waals surface area contributed by atoms with Gasteiger partial charge in [-0.3, -0.25) is 4.79 Å². The number of rotatable bonds is 5. The van der Waals surface area contributed by atoms with E-state index < -0.39 is 26.3 Å². The van der Waals surface area contributed by atoms with E-state index in [-0.39, 0.29) is 17.8 Å². The fraction of sp³-hybridized carbons (Fsp3) is 0.462. The van der Waals surface area contributed by atoms with E-state index in [1.54, 1.807) is 0 Å². The van der Waals surface area contributed by atoms with Gasteiger partial charge in [-0.25, -0.2) is 12.8 Å². The lowest BCUT2D eigenvalue weighted by Gasteiger charge is -2.23. The summed E-state index contributed by atoms with van der Waals surface area (Å²) in [6.45, 7) is 2.99. The van der Waals surface area contributed by atoms with Crippen LogP contribution in [-0.2, 0) is 9.84 Å². The van der Waals surface area contributed by atoms with E-state index in [0.29, 0.717) is 0 Å². The molecule has 0 aliphatic heterocycles. The third-order valence-electron chi connectivity index (χ3n) is 3.19. The molecule has 0 aliphatic carbocycles. The summed E-state index contributed by atoms with van der Waals surface area (Å²) < 4.78 is 35.6. The fourth-order valence-corrected chi connectivity index (χ4v) is 1.82. The molecule has 0 saturated carbocycles. The summed E-state index contributed by atoms with van der Waals surface area (Å²) in [5, 5.41) is 5.14. The molecule has 0 saturated heterocycles. The predicted molar refractivity (Wildman–Crippen MR) is 77.2 cm³/mol. The second-order valence-electron chi connectivity index (χ2n) is 5.13. The van der Waals surface area contributed by atoms with E-state index in [0.717, 1.165) is 6.26 Å². The molecule has 0 bridgehead atoms. The maximum atomic E-state index is 13.5. The van der Waals surface area contributed by atoms with Crippen molar-refractivity contribution in [1.82, 2.24) is 5.32 Å². The highest BCUT2D eigenvalue weighted by Crippen LogP contribution is 2.20. The van der Waals surface area contributed by atoms with Crippen LogP contribution in [0.15, 0.2) is 18.2 Å². The van der Waals surface area contributed by atoms with Crippen molar-refractivity contribution < 1.29 is 17.6 Å². The number of benzene rings is 1. The van der Waals surface area contributed by atoms with Gasteiger partial charge in [-0.2, -0.15) is 0 Å². The van der Waals surface area contributed by atoms with Gasteiger partial charge in [0, 0.05) is 19.8 Å². The lowest BCUT2D eigenvalue weighted by Crippen LogP contribution is -2.43. The van der Waals surface area contributed by atoms with Crippen LogP contribution in [0.2, 0.25) is 0 Å². The van der Waals surface area contributed by atoms with Gasteiger partial charge in [0.1, 0.15) is 5.82 Å². The molecule has 5 nitrogen and oxygen atoms in total. The van der Waals surface area contributed by atoms with Gasteiger partial charge in [0.15, 0.2) is 9.84 Å². The molecule has 20 heavy (non-hydrogen) atoms. The van der Waals surface area contributed by atoms with Crippen LogP contribution in [0.3, 0.4) is 0 Å². The Bertz CT molecular complexity index is 612. The zero-order valence-electron chi connectivity index (χ0n) is 12.0. The van der Waals surface area contributed by atoms with Gasteiger partial charge in [-0.05, 0) is 26.0 Å². The van der Waals surface area contributed by atoms with Gasteiger partial charge in [0.05, 0.1) is 16.0 Å². The molecule has 1 aromatic rings. The van der Waals surface area contributed by atoms with Crippen molar-refractivity contribution in [3.8, 4) is 0 Å². The highest BCUT2D eigenvalue weighted by Gasteiger charge is 2.30. The van der Waals surface area contributed by atoms with E-state index in [4.69, 9.17) is 0 Å². The van der Waals surface area contributed by atoms with Crippen molar-refractivity contribution in [2.75, 3.05) is 25.2 Å². The molecule has 0 radical (unpaired) electrons. The Kier molecular flexibility index (Phi) is 4.75. The highest BCUT2D eigenvalue weighted by molar-refractivity contribution is 7.92. The molecule has 1 rings (SSSR count). The number of amides is 1. The van der Waals surface area contributed by atoms with Crippen molar-refractivity contribution in [2.24, 2.45) is 0 Å². The van der Waals surface area contributed by atoms with Crippen LogP contribution in [-0.4, -0.2) is 38.9 Å². The van der Waals surface area contributed by atoms with E-state index in [1.165, 1.54) is 39.1 Å². The van der Waals surface area contributed by atoms with Crippen molar-refractivity contribution in [2.45, 2.75) is 18.6 Å². The first-order valence-electron chi connectivity index (χ1n) is 6.04. The molecule has 0 unspecified atom stereocenters. The largest absolute Gasteiger partial charge is 0.385 e. The molecule has 0 heterocycles. The average Bonchev–Trinajstić information content (AvgIpc) is 2.34. The summed E-state index contributed by atoms with van der Waals surface area (Å²) in [5.74, 6) is -1.06. The summed E-state index contributed by atoms with van der Waals surface area (Å²) in [7, 11) is -1.80. The van der Waals surface area contributed by atoms with Crippen molar-refractivity contribution in [3.63, 3.8) is 0 Å². The number of carbonyl (C=O) groups is 1. The Hall–Kier alpha value is -1.63. The lowest BCUT2D eigenvalue weighted by atomic mass is 10.1. The quantitative estimate of drug-likeness (QED) is 0.862. The molecular formula is C13H19FN2O3S. The smallest absolute Gasteiger partial charge is 0.253 e. The number of para-hydroxylation sites is 1.